The van der Waals surface area contributed by atoms with E-state index in [0.717, 1.165) is 49.2 Å². The van der Waals surface area contributed by atoms with E-state index >= 15 is 0 Å². The summed E-state index contributed by atoms with van der Waals surface area (Å²) < 4.78 is 0. The van der Waals surface area contributed by atoms with Crippen molar-refractivity contribution in [2.75, 3.05) is 0 Å². The van der Waals surface area contributed by atoms with Crippen LogP contribution in [0.1, 0.15) is 16.7 Å². The molecule has 3 aliphatic rings. The number of benzene rings is 6. The van der Waals surface area contributed by atoms with Crippen molar-refractivity contribution in [2.24, 2.45) is 0 Å². The van der Waals surface area contributed by atoms with E-state index in [1.165, 1.54) is 5.39 Å². The Balaban J connectivity index is 0.000000301. The summed E-state index contributed by atoms with van der Waals surface area (Å²) in [6, 6.07) is 43.7. The normalized spacial score (nSPS) is 15.6. The number of carbonyl (C=O) groups is 1. The van der Waals surface area contributed by atoms with Crippen molar-refractivity contribution < 1.29 is 21.9 Å². The molecule has 0 heterocycles. The molecule has 10 radical (unpaired) electrons. The molecule has 0 atom stereocenters. The second-order valence-electron chi connectivity index (χ2n) is 11.2. The largest absolute Gasteiger partial charge is 0.344 e. The maximum Gasteiger partial charge on any atom is 0.0939 e. The SMILES string of the molecule is O=C1C(c2ccc3ccccc3c2)=[C-]C(c2ccc3ccccc3c2)=C1c1ccc2ccccc2c1.[CH]1[CH][CH][CH][CH]1.[CH]1[CH][CH][CH][CH]1.[Fe]. The van der Waals surface area contributed by atoms with Gasteiger partial charge in [-0.05, 0) is 96.5 Å². The summed E-state index contributed by atoms with van der Waals surface area (Å²) in [4.78, 5) is 14.1. The summed E-state index contributed by atoms with van der Waals surface area (Å²) in [5, 5.41) is 6.87. The summed E-state index contributed by atoms with van der Waals surface area (Å²) in [5.74, 6) is 0.0173. The molecule has 0 saturated heterocycles. The van der Waals surface area contributed by atoms with Gasteiger partial charge in [-0.15, -0.1) is 11.6 Å². The van der Waals surface area contributed by atoms with Gasteiger partial charge in [-0.25, -0.2) is 0 Å². The minimum Gasteiger partial charge on any atom is -0.344 e. The first-order valence-electron chi connectivity index (χ1n) is 15.5. The van der Waals surface area contributed by atoms with Crippen molar-refractivity contribution in [2.45, 2.75) is 0 Å². The Kier molecular flexibility index (Phi) is 10.8. The smallest absolute Gasteiger partial charge is 0.0939 e. The molecule has 0 aromatic heterocycles. The predicted molar refractivity (Wildman–Crippen MR) is 193 cm³/mol. The molecule has 3 aliphatic carbocycles. The average Bonchev–Trinajstić information content (AvgIpc) is 3.94. The van der Waals surface area contributed by atoms with Crippen LogP contribution in [0.25, 0.3) is 49.0 Å². The van der Waals surface area contributed by atoms with Gasteiger partial charge in [0.05, 0.1) is 5.78 Å². The summed E-state index contributed by atoms with van der Waals surface area (Å²) in [6.45, 7) is 0. The molecule has 0 aliphatic heterocycles. The van der Waals surface area contributed by atoms with Crippen molar-refractivity contribution in [3.8, 4) is 0 Å². The van der Waals surface area contributed by atoms with Crippen molar-refractivity contribution in [1.29, 1.82) is 0 Å². The van der Waals surface area contributed by atoms with Crippen molar-refractivity contribution in [1.82, 2.24) is 0 Å². The predicted octanol–water partition coefficient (Wildman–Crippen LogP) is 10.6. The number of rotatable bonds is 3. The molecule has 6 aromatic carbocycles. The first-order chi connectivity index (χ1) is 22.7. The van der Waals surface area contributed by atoms with Crippen LogP contribution in [0, 0.1) is 70.3 Å². The Morgan fingerprint density at radius 3 is 1.15 bits per heavy atom. The molecule has 2 saturated carbocycles. The van der Waals surface area contributed by atoms with Crippen LogP contribution in [0.2, 0.25) is 0 Å². The number of Topliss-reactive ketones (excluding diaryl/α,β-unsaturated/α-hetero) is 1. The molecule has 2 heteroatoms. The molecular formula is C45H31FeO-. The van der Waals surface area contributed by atoms with Gasteiger partial charge < -0.3 is 4.79 Å². The van der Waals surface area contributed by atoms with Gasteiger partial charge >= 0.3 is 0 Å². The first kappa shape index (κ1) is 32.7. The fraction of sp³-hybridized carbons (Fsp3) is 0. The van der Waals surface area contributed by atoms with E-state index in [0.29, 0.717) is 11.1 Å². The van der Waals surface area contributed by atoms with Crippen LogP contribution >= 0.6 is 0 Å². The summed E-state index contributed by atoms with van der Waals surface area (Å²) >= 11 is 0. The molecule has 2 fully saturated rings. The number of fused-ring (bicyclic) bond motifs is 3. The third-order valence-corrected chi connectivity index (χ3v) is 8.18. The standard InChI is InChI=1S/C35H21O.2C5H5.Fe/c36-35-33(30-17-14-24-8-2-5-11-27(24)20-30)22-32(29-16-13-23-7-1-4-10-26(23)19-29)34(35)31-18-15-25-9-3-6-12-28(25)21-31;2*1-2-4-5-3-1;/h1-21H;2*1-5H;/q-1;;;. The maximum atomic E-state index is 14.1. The van der Waals surface area contributed by atoms with E-state index < -0.39 is 0 Å². The van der Waals surface area contributed by atoms with Crippen LogP contribution in [-0.2, 0) is 21.9 Å². The number of hydrogen-bond acceptors (Lipinski definition) is 1. The zero-order chi connectivity index (χ0) is 31.1. The summed E-state index contributed by atoms with van der Waals surface area (Å²) in [7, 11) is 0. The fourth-order valence-electron chi connectivity index (χ4n) is 5.85. The number of ketones is 1. The summed E-state index contributed by atoms with van der Waals surface area (Å²) in [5.41, 5.74) is 4.99. The molecule has 0 amide bonds. The van der Waals surface area contributed by atoms with Crippen LogP contribution < -0.4 is 0 Å². The van der Waals surface area contributed by atoms with Crippen LogP contribution in [0.3, 0.4) is 0 Å². The van der Waals surface area contributed by atoms with Gasteiger partial charge in [-0.2, -0.15) is 0 Å². The Morgan fingerprint density at radius 1 is 0.362 bits per heavy atom. The minimum atomic E-state index is 0. The van der Waals surface area contributed by atoms with Crippen LogP contribution in [0.4, 0.5) is 0 Å². The van der Waals surface area contributed by atoms with Gasteiger partial charge in [0.15, 0.2) is 0 Å². The molecule has 47 heavy (non-hydrogen) atoms. The maximum absolute atomic E-state index is 14.1. The average molecular weight is 644 g/mol. The number of allylic oxidation sites excluding steroid dienone is 4. The second-order valence-corrected chi connectivity index (χ2v) is 11.2. The topological polar surface area (TPSA) is 17.1 Å². The third kappa shape index (κ3) is 7.51. The van der Waals surface area contributed by atoms with Gasteiger partial charge in [0.1, 0.15) is 0 Å². The molecular weight excluding hydrogens is 612 g/mol. The number of hydrogen-bond donors (Lipinski definition) is 0. The fourth-order valence-corrected chi connectivity index (χ4v) is 5.85. The van der Waals surface area contributed by atoms with Gasteiger partial charge in [-0.1, -0.05) is 155 Å². The zero-order valence-corrected chi connectivity index (χ0v) is 26.8. The Labute approximate surface area is 289 Å². The van der Waals surface area contributed by atoms with E-state index in [9.17, 15) is 4.79 Å². The van der Waals surface area contributed by atoms with Crippen LogP contribution in [-0.4, -0.2) is 5.78 Å². The third-order valence-electron chi connectivity index (χ3n) is 8.18. The Bertz CT molecular complexity index is 2050. The van der Waals surface area contributed by atoms with Crippen molar-refractivity contribution in [3.05, 3.63) is 214 Å². The molecule has 1 nitrogen and oxygen atoms in total. The van der Waals surface area contributed by atoms with E-state index in [1.807, 2.05) is 107 Å². The Morgan fingerprint density at radius 2 is 0.702 bits per heavy atom. The first-order valence-corrected chi connectivity index (χ1v) is 15.5. The Hall–Kier alpha value is -4.23. The van der Waals surface area contributed by atoms with Gasteiger partial charge in [-0.3, -0.25) is 0 Å². The van der Waals surface area contributed by atoms with Gasteiger partial charge in [0, 0.05) is 17.1 Å². The molecule has 0 bridgehead atoms. The monoisotopic (exact) mass is 643 g/mol. The molecule has 0 unspecified atom stereocenters. The minimum absolute atomic E-state index is 0. The van der Waals surface area contributed by atoms with Crippen LogP contribution in [0.15, 0.2) is 127 Å². The van der Waals surface area contributed by atoms with E-state index in [-0.39, 0.29) is 22.9 Å². The van der Waals surface area contributed by atoms with Gasteiger partial charge in [0.25, 0.3) is 0 Å². The number of carbonyl (C=O) groups excluding carboxylic acids is 1. The van der Waals surface area contributed by atoms with E-state index in [4.69, 9.17) is 0 Å². The quantitative estimate of drug-likeness (QED) is 0.139. The summed E-state index contributed by atoms with van der Waals surface area (Å²) in [6.07, 6.45) is 23.5. The molecule has 6 aromatic rings. The van der Waals surface area contributed by atoms with Crippen molar-refractivity contribution in [3.63, 3.8) is 0 Å². The van der Waals surface area contributed by atoms with E-state index in [1.54, 1.807) is 0 Å². The van der Waals surface area contributed by atoms with Crippen LogP contribution in [0.5, 0.6) is 0 Å². The molecule has 9 rings (SSSR count). The van der Waals surface area contributed by atoms with E-state index in [2.05, 4.69) is 91.0 Å². The molecule has 0 spiro atoms. The molecule has 0 N–H and O–H groups in total. The molecule has 226 valence electrons. The van der Waals surface area contributed by atoms with Crippen molar-refractivity contribution >= 4 is 54.8 Å². The zero-order valence-electron chi connectivity index (χ0n) is 25.7. The van der Waals surface area contributed by atoms with Gasteiger partial charge in [0.2, 0.25) is 0 Å². The second kappa shape index (κ2) is 15.6.